The fourth-order valence-electron chi connectivity index (χ4n) is 2.34. The fourth-order valence-corrected chi connectivity index (χ4v) is 2.46. The number of nitrogen functional groups attached to an aromatic ring is 1. The van der Waals surface area contributed by atoms with Crippen LogP contribution >= 0.6 is 11.6 Å². The van der Waals surface area contributed by atoms with E-state index in [9.17, 15) is 4.79 Å². The van der Waals surface area contributed by atoms with E-state index >= 15 is 0 Å². The van der Waals surface area contributed by atoms with Gasteiger partial charge in [-0.25, -0.2) is 0 Å². The van der Waals surface area contributed by atoms with E-state index in [0.29, 0.717) is 22.2 Å². The van der Waals surface area contributed by atoms with Crippen molar-refractivity contribution in [2.75, 3.05) is 11.1 Å². The van der Waals surface area contributed by atoms with Crippen molar-refractivity contribution >= 4 is 28.8 Å². The first-order valence-corrected chi connectivity index (χ1v) is 9.42. The van der Waals surface area contributed by atoms with Gasteiger partial charge in [0.1, 0.15) is 0 Å². The van der Waals surface area contributed by atoms with E-state index in [1.165, 1.54) is 12.5 Å². The molecule has 0 radical (unpaired) electrons. The molecule has 27 heavy (non-hydrogen) atoms. The summed E-state index contributed by atoms with van der Waals surface area (Å²) in [7, 11) is 0. The smallest absolute Gasteiger partial charge is 0.159 e. The molecule has 0 heterocycles. The lowest BCUT2D eigenvalue weighted by Gasteiger charge is -2.30. The molecule has 2 aromatic carbocycles. The van der Waals surface area contributed by atoms with Gasteiger partial charge in [0.05, 0.1) is 10.7 Å². The zero-order valence-corrected chi connectivity index (χ0v) is 17.9. The minimum atomic E-state index is -0.00614. The summed E-state index contributed by atoms with van der Waals surface area (Å²) in [6, 6.07) is 13.4. The highest BCUT2D eigenvalue weighted by Gasteiger charge is 2.24. The number of nitrogens with one attached hydrogen (secondary N) is 1. The Bertz CT molecular complexity index is 810. The van der Waals surface area contributed by atoms with Crippen LogP contribution in [-0.4, -0.2) is 5.78 Å². The van der Waals surface area contributed by atoms with E-state index in [0.717, 1.165) is 11.4 Å². The van der Waals surface area contributed by atoms with E-state index in [2.05, 4.69) is 63.9 Å². The third-order valence-electron chi connectivity index (χ3n) is 4.81. The molecule has 0 spiro atoms. The van der Waals surface area contributed by atoms with Crippen LogP contribution in [0.15, 0.2) is 54.7 Å². The fraction of sp³-hybridized carbons (Fsp3) is 0.348. The van der Waals surface area contributed by atoms with E-state index < -0.39 is 0 Å². The summed E-state index contributed by atoms with van der Waals surface area (Å²) in [5.41, 5.74) is 10.2. The van der Waals surface area contributed by atoms with Gasteiger partial charge in [-0.3, -0.25) is 4.79 Å². The lowest BCUT2D eigenvalue weighted by Crippen LogP contribution is -2.24. The number of carbonyl (C=O) groups excluding carboxylic acids is 1. The number of nitrogens with two attached hydrogens (primary N) is 1. The van der Waals surface area contributed by atoms with Gasteiger partial charge in [0.15, 0.2) is 5.78 Å². The predicted octanol–water partition coefficient (Wildman–Crippen LogP) is 6.69. The minimum Gasteiger partial charge on any atom is -0.398 e. The van der Waals surface area contributed by atoms with Crippen molar-refractivity contribution in [3.63, 3.8) is 0 Å². The minimum absolute atomic E-state index is 0.00614. The molecule has 0 amide bonds. The third kappa shape index (κ3) is 6.76. The number of allylic oxidation sites excluding steroid dienone is 1. The Hall–Kier alpha value is -2.26. The predicted molar refractivity (Wildman–Crippen MR) is 119 cm³/mol. The zero-order valence-electron chi connectivity index (χ0n) is 17.2. The molecule has 0 unspecified atom stereocenters. The van der Waals surface area contributed by atoms with Crippen LogP contribution in [0.5, 0.6) is 0 Å². The Labute approximate surface area is 168 Å². The Morgan fingerprint density at radius 1 is 1.15 bits per heavy atom. The van der Waals surface area contributed by atoms with Crippen molar-refractivity contribution in [2.45, 2.75) is 47.0 Å². The summed E-state index contributed by atoms with van der Waals surface area (Å²) in [6.45, 7) is 16.4. The average Bonchev–Trinajstić information content (AvgIpc) is 2.57. The molecular formula is C23H31ClN2O. The standard InChI is InChI=1S/C15H23N.C8H8ClNO/c1-11(2)15(5,6)13-8-7-9-14(10-13)16-12(3)4;1-5(11)6-2-3-7(9)8(10)4-6/h7-11,16H,3H2,1-2,4-6H3;2-4H,10H2,1H3. The number of rotatable bonds is 5. The van der Waals surface area contributed by atoms with Crippen molar-refractivity contribution in [3.05, 3.63) is 70.9 Å². The van der Waals surface area contributed by atoms with Gasteiger partial charge in [-0.1, -0.05) is 58.0 Å². The molecule has 0 aliphatic heterocycles. The molecule has 0 saturated carbocycles. The summed E-state index contributed by atoms with van der Waals surface area (Å²) >= 11 is 5.65. The molecule has 0 fully saturated rings. The molecule has 3 nitrogen and oxygen atoms in total. The topological polar surface area (TPSA) is 55.1 Å². The zero-order chi connectivity index (χ0) is 20.8. The number of hydrogen-bond donors (Lipinski definition) is 2. The van der Waals surface area contributed by atoms with Crippen LogP contribution in [0.4, 0.5) is 11.4 Å². The van der Waals surface area contributed by atoms with E-state index in [1.54, 1.807) is 18.2 Å². The Morgan fingerprint density at radius 2 is 1.78 bits per heavy atom. The van der Waals surface area contributed by atoms with Crippen LogP contribution in [0, 0.1) is 5.92 Å². The molecular weight excluding hydrogens is 356 g/mol. The Balaban J connectivity index is 0.000000289. The maximum absolute atomic E-state index is 10.8. The molecule has 0 aromatic heterocycles. The first kappa shape index (κ1) is 22.8. The first-order valence-electron chi connectivity index (χ1n) is 9.04. The van der Waals surface area contributed by atoms with Crippen molar-refractivity contribution in [1.82, 2.24) is 0 Å². The Kier molecular flexibility index (Phi) is 8.11. The monoisotopic (exact) mass is 386 g/mol. The summed E-state index contributed by atoms with van der Waals surface area (Å²) in [5, 5.41) is 3.74. The number of hydrogen-bond acceptors (Lipinski definition) is 3. The number of carbonyl (C=O) groups is 1. The summed E-state index contributed by atoms with van der Waals surface area (Å²) < 4.78 is 0. The Morgan fingerprint density at radius 3 is 2.26 bits per heavy atom. The number of benzene rings is 2. The normalized spacial score (nSPS) is 10.8. The number of halogens is 1. The maximum Gasteiger partial charge on any atom is 0.159 e. The number of Topliss-reactive ketones (excluding diaryl/α,β-unsaturated/α-hetero) is 1. The number of ketones is 1. The van der Waals surface area contributed by atoms with Gasteiger partial charge in [-0.2, -0.15) is 0 Å². The average molecular weight is 387 g/mol. The van der Waals surface area contributed by atoms with Gasteiger partial charge in [0.2, 0.25) is 0 Å². The molecule has 2 aromatic rings. The van der Waals surface area contributed by atoms with Gasteiger partial charge >= 0.3 is 0 Å². The van der Waals surface area contributed by atoms with Crippen LogP contribution in [-0.2, 0) is 5.41 Å². The third-order valence-corrected chi connectivity index (χ3v) is 5.15. The highest BCUT2D eigenvalue weighted by molar-refractivity contribution is 6.33. The van der Waals surface area contributed by atoms with Crippen molar-refractivity contribution in [1.29, 1.82) is 0 Å². The summed E-state index contributed by atoms with van der Waals surface area (Å²) in [4.78, 5) is 10.8. The van der Waals surface area contributed by atoms with Gasteiger partial charge in [0, 0.05) is 16.9 Å². The van der Waals surface area contributed by atoms with Crippen molar-refractivity contribution in [3.8, 4) is 0 Å². The van der Waals surface area contributed by atoms with Gasteiger partial charge < -0.3 is 11.1 Å². The molecule has 3 N–H and O–H groups in total. The van der Waals surface area contributed by atoms with Crippen molar-refractivity contribution < 1.29 is 4.79 Å². The second kappa shape index (κ2) is 9.61. The quantitative estimate of drug-likeness (QED) is 0.444. The summed E-state index contributed by atoms with van der Waals surface area (Å²) in [6.07, 6.45) is 0. The lowest BCUT2D eigenvalue weighted by molar-refractivity contribution is 0.101. The van der Waals surface area contributed by atoms with Crippen LogP contribution in [0.3, 0.4) is 0 Å². The molecule has 0 aliphatic carbocycles. The molecule has 146 valence electrons. The molecule has 0 saturated heterocycles. The molecule has 0 atom stereocenters. The molecule has 0 aliphatic rings. The van der Waals surface area contributed by atoms with Gasteiger partial charge in [0.25, 0.3) is 0 Å². The second-order valence-corrected chi connectivity index (χ2v) is 8.06. The van der Waals surface area contributed by atoms with Crippen LogP contribution in [0.2, 0.25) is 5.02 Å². The van der Waals surface area contributed by atoms with Crippen LogP contribution in [0.1, 0.15) is 57.5 Å². The second-order valence-electron chi connectivity index (χ2n) is 7.66. The highest BCUT2D eigenvalue weighted by atomic mass is 35.5. The summed E-state index contributed by atoms with van der Waals surface area (Å²) in [5.74, 6) is 0.612. The van der Waals surface area contributed by atoms with Gasteiger partial charge in [-0.15, -0.1) is 0 Å². The van der Waals surface area contributed by atoms with E-state index in [4.69, 9.17) is 17.3 Å². The molecule has 2 rings (SSSR count). The first-order chi connectivity index (χ1) is 12.4. The van der Waals surface area contributed by atoms with E-state index in [-0.39, 0.29) is 11.2 Å². The molecule has 0 bridgehead atoms. The SMILES string of the molecule is C=C(C)Nc1cccc(C(C)(C)C(C)C)c1.CC(=O)c1ccc(Cl)c(N)c1. The molecule has 4 heteroatoms. The van der Waals surface area contributed by atoms with Gasteiger partial charge in [-0.05, 0) is 61.1 Å². The van der Waals surface area contributed by atoms with Crippen LogP contribution < -0.4 is 11.1 Å². The largest absolute Gasteiger partial charge is 0.398 e. The van der Waals surface area contributed by atoms with Crippen LogP contribution in [0.25, 0.3) is 0 Å². The van der Waals surface area contributed by atoms with Crippen molar-refractivity contribution in [2.24, 2.45) is 5.92 Å². The van der Waals surface area contributed by atoms with E-state index in [1.807, 2.05) is 6.92 Å². The lowest BCUT2D eigenvalue weighted by atomic mass is 9.75. The maximum atomic E-state index is 10.8. The number of anilines is 2. The highest BCUT2D eigenvalue weighted by Crippen LogP contribution is 2.32.